The summed E-state index contributed by atoms with van der Waals surface area (Å²) >= 11 is 1.68. The summed E-state index contributed by atoms with van der Waals surface area (Å²) in [5.74, 6) is -0.468. The second-order valence-electron chi connectivity index (χ2n) is 7.68. The minimum atomic E-state index is -2.99. The smallest absolute Gasteiger partial charge is 0.387 e. The topological polar surface area (TPSA) is 109 Å². The highest BCUT2D eigenvalue weighted by Gasteiger charge is 2.21. The first-order chi connectivity index (χ1) is 16.6. The minimum absolute atomic E-state index is 0.0153. The molecular weight excluding hydrogens is 464 g/mol. The van der Waals surface area contributed by atoms with Crippen molar-refractivity contribution in [3.05, 3.63) is 54.6 Å². The highest BCUT2D eigenvalue weighted by atomic mass is 32.2. The fourth-order valence-electron chi connectivity index (χ4n) is 3.85. The number of fused-ring (bicyclic) bond motifs is 1. The summed E-state index contributed by atoms with van der Waals surface area (Å²) in [6.07, 6.45) is 8.24. The van der Waals surface area contributed by atoms with Crippen LogP contribution >= 0.6 is 11.8 Å². The van der Waals surface area contributed by atoms with Crippen LogP contribution in [0.15, 0.2) is 53.9 Å². The Labute approximate surface area is 197 Å². The van der Waals surface area contributed by atoms with E-state index >= 15 is 0 Å². The molecule has 0 saturated carbocycles. The van der Waals surface area contributed by atoms with Gasteiger partial charge in [0.05, 0.1) is 23.8 Å². The van der Waals surface area contributed by atoms with E-state index in [9.17, 15) is 13.6 Å². The third kappa shape index (κ3) is 4.73. The quantitative estimate of drug-likeness (QED) is 0.365. The number of rotatable bonds is 7. The lowest BCUT2D eigenvalue weighted by Gasteiger charge is -2.22. The molecule has 3 aromatic heterocycles. The predicted octanol–water partition coefficient (Wildman–Crippen LogP) is 3.82. The number of alkyl halides is 2. The Hall–Kier alpha value is -3.51. The van der Waals surface area contributed by atoms with Crippen LogP contribution in [-0.4, -0.2) is 55.7 Å². The Bertz CT molecular complexity index is 1300. The number of benzene rings is 1. The van der Waals surface area contributed by atoms with Gasteiger partial charge in [-0.1, -0.05) is 0 Å². The number of amides is 1. The second kappa shape index (κ2) is 9.77. The number of piperidine rings is 1. The second-order valence-corrected chi connectivity index (χ2v) is 9.06. The third-order valence-corrected chi connectivity index (χ3v) is 6.66. The van der Waals surface area contributed by atoms with Gasteiger partial charge >= 0.3 is 6.61 Å². The molecule has 1 aliphatic rings. The Balaban J connectivity index is 1.45. The number of nitrogens with zero attached hydrogens (tertiary/aromatic N) is 4. The van der Waals surface area contributed by atoms with E-state index in [1.165, 1.54) is 23.0 Å². The van der Waals surface area contributed by atoms with Crippen molar-refractivity contribution in [2.45, 2.75) is 29.6 Å². The van der Waals surface area contributed by atoms with Crippen molar-refractivity contribution in [1.29, 1.82) is 0 Å². The van der Waals surface area contributed by atoms with Crippen molar-refractivity contribution in [1.82, 2.24) is 30.1 Å². The van der Waals surface area contributed by atoms with E-state index in [0.717, 1.165) is 30.8 Å². The first kappa shape index (κ1) is 22.3. The zero-order chi connectivity index (χ0) is 23.5. The van der Waals surface area contributed by atoms with E-state index in [1.807, 2.05) is 0 Å². The molecule has 1 aromatic carbocycles. The highest BCUT2D eigenvalue weighted by molar-refractivity contribution is 8.00. The Morgan fingerprint density at radius 2 is 2.24 bits per heavy atom. The molecule has 5 rings (SSSR count). The van der Waals surface area contributed by atoms with Crippen molar-refractivity contribution in [2.24, 2.45) is 0 Å². The molecule has 0 bridgehead atoms. The summed E-state index contributed by atoms with van der Waals surface area (Å²) in [5.41, 5.74) is 1.72. The molecule has 176 valence electrons. The molecule has 1 aliphatic heterocycles. The molecule has 34 heavy (non-hydrogen) atoms. The maximum absolute atomic E-state index is 13.1. The van der Waals surface area contributed by atoms with Crippen LogP contribution in [0.4, 0.5) is 14.5 Å². The van der Waals surface area contributed by atoms with Crippen molar-refractivity contribution >= 4 is 29.0 Å². The standard InChI is InChI=1S/C22H21F2N7O2S/c23-22(24)33-18-5-4-13(34-14-3-1-6-25-10-14)9-15(18)19-17(12-27-30-19)29-21(32)16-11-28-31-8-2-7-26-20(16)31/h2,4-5,7-9,11-12,14,22,25H,1,3,6,10H2,(H,27,30)(H,29,32). The third-order valence-electron chi connectivity index (χ3n) is 5.40. The first-order valence-corrected chi connectivity index (χ1v) is 11.6. The van der Waals surface area contributed by atoms with Gasteiger partial charge in [0.25, 0.3) is 5.91 Å². The maximum atomic E-state index is 13.1. The number of aromatic amines is 1. The minimum Gasteiger partial charge on any atom is -0.434 e. The van der Waals surface area contributed by atoms with Gasteiger partial charge in [-0.3, -0.25) is 9.89 Å². The number of anilines is 1. The summed E-state index contributed by atoms with van der Waals surface area (Å²) in [4.78, 5) is 18.1. The number of aromatic nitrogens is 5. The van der Waals surface area contributed by atoms with Gasteiger partial charge in [-0.2, -0.15) is 19.0 Å². The molecule has 12 heteroatoms. The molecule has 4 aromatic rings. The summed E-state index contributed by atoms with van der Waals surface area (Å²) in [6.45, 7) is -1.11. The Morgan fingerprint density at radius 3 is 3.06 bits per heavy atom. The van der Waals surface area contributed by atoms with E-state index in [2.05, 4.69) is 30.9 Å². The average molecular weight is 486 g/mol. The van der Waals surface area contributed by atoms with Gasteiger partial charge in [0, 0.05) is 34.6 Å². The molecule has 9 nitrogen and oxygen atoms in total. The van der Waals surface area contributed by atoms with Crippen molar-refractivity contribution in [3.8, 4) is 17.0 Å². The van der Waals surface area contributed by atoms with Gasteiger partial charge in [0.2, 0.25) is 0 Å². The summed E-state index contributed by atoms with van der Waals surface area (Å²) in [5, 5.41) is 17.5. The van der Waals surface area contributed by atoms with Gasteiger partial charge in [0.15, 0.2) is 5.65 Å². The lowest BCUT2D eigenvalue weighted by atomic mass is 10.1. The van der Waals surface area contributed by atoms with Crippen molar-refractivity contribution in [2.75, 3.05) is 18.4 Å². The number of carbonyl (C=O) groups is 1. The summed E-state index contributed by atoms with van der Waals surface area (Å²) in [6, 6.07) is 6.76. The number of ether oxygens (including phenoxy) is 1. The number of hydrogen-bond acceptors (Lipinski definition) is 7. The number of carbonyl (C=O) groups excluding carboxylic acids is 1. The molecule has 0 radical (unpaired) electrons. The zero-order valence-electron chi connectivity index (χ0n) is 17.9. The van der Waals surface area contributed by atoms with Gasteiger partial charge in [-0.05, 0) is 43.7 Å². The first-order valence-electron chi connectivity index (χ1n) is 10.7. The van der Waals surface area contributed by atoms with Gasteiger partial charge in [-0.15, -0.1) is 11.8 Å². The molecule has 1 amide bonds. The largest absolute Gasteiger partial charge is 0.434 e. The number of thioether (sulfide) groups is 1. The van der Waals surface area contributed by atoms with E-state index in [0.29, 0.717) is 27.8 Å². The Kier molecular flexibility index (Phi) is 6.41. The van der Waals surface area contributed by atoms with Gasteiger partial charge < -0.3 is 15.4 Å². The van der Waals surface area contributed by atoms with E-state index in [-0.39, 0.29) is 11.3 Å². The number of halogens is 2. The number of hydrogen-bond donors (Lipinski definition) is 3. The van der Waals surface area contributed by atoms with Gasteiger partial charge in [0.1, 0.15) is 11.3 Å². The molecule has 3 N–H and O–H groups in total. The summed E-state index contributed by atoms with van der Waals surface area (Å²) < 4.78 is 32.5. The lowest BCUT2D eigenvalue weighted by molar-refractivity contribution is -0.0494. The SMILES string of the molecule is O=C(Nc1cn[nH]c1-c1cc(SC2CCCNC2)ccc1OC(F)F)c1cnn2cccnc12. The lowest BCUT2D eigenvalue weighted by Crippen LogP contribution is -2.31. The fourth-order valence-corrected chi connectivity index (χ4v) is 5.06. The van der Waals surface area contributed by atoms with Crippen molar-refractivity contribution in [3.63, 3.8) is 0 Å². The highest BCUT2D eigenvalue weighted by Crippen LogP contribution is 2.39. The van der Waals surface area contributed by atoms with E-state index < -0.39 is 12.5 Å². The molecule has 1 saturated heterocycles. The molecule has 0 aliphatic carbocycles. The number of nitrogens with one attached hydrogen (secondary N) is 3. The predicted molar refractivity (Wildman–Crippen MR) is 123 cm³/mol. The van der Waals surface area contributed by atoms with Crippen LogP contribution < -0.4 is 15.4 Å². The Morgan fingerprint density at radius 1 is 1.32 bits per heavy atom. The monoisotopic (exact) mass is 485 g/mol. The maximum Gasteiger partial charge on any atom is 0.387 e. The molecule has 0 spiro atoms. The number of H-pyrrole nitrogens is 1. The average Bonchev–Trinajstić information content (AvgIpc) is 3.47. The zero-order valence-corrected chi connectivity index (χ0v) is 18.7. The fraction of sp³-hybridized carbons (Fsp3) is 0.273. The van der Waals surface area contributed by atoms with Crippen molar-refractivity contribution < 1.29 is 18.3 Å². The van der Waals surface area contributed by atoms with Crippen LogP contribution in [0.3, 0.4) is 0 Å². The van der Waals surface area contributed by atoms with Crippen LogP contribution in [0, 0.1) is 0 Å². The molecule has 1 unspecified atom stereocenters. The van der Waals surface area contributed by atoms with Crippen LogP contribution in [0.2, 0.25) is 0 Å². The van der Waals surface area contributed by atoms with Crippen LogP contribution in [-0.2, 0) is 0 Å². The van der Waals surface area contributed by atoms with Crippen LogP contribution in [0.1, 0.15) is 23.2 Å². The molecule has 1 atom stereocenters. The van der Waals surface area contributed by atoms with E-state index in [1.54, 1.807) is 42.4 Å². The molecular formula is C22H21F2N7O2S. The molecule has 1 fully saturated rings. The summed E-state index contributed by atoms with van der Waals surface area (Å²) in [7, 11) is 0. The molecule has 4 heterocycles. The van der Waals surface area contributed by atoms with Crippen LogP contribution in [0.5, 0.6) is 5.75 Å². The van der Waals surface area contributed by atoms with Gasteiger partial charge in [-0.25, -0.2) is 9.50 Å². The van der Waals surface area contributed by atoms with Crippen LogP contribution in [0.25, 0.3) is 16.9 Å². The normalized spacial score (nSPS) is 16.1. The van der Waals surface area contributed by atoms with E-state index in [4.69, 9.17) is 4.74 Å².